The summed E-state index contributed by atoms with van der Waals surface area (Å²) in [7, 11) is 1.84. The highest BCUT2D eigenvalue weighted by molar-refractivity contribution is 6.05. The van der Waals surface area contributed by atoms with Crippen LogP contribution in [-0.4, -0.2) is 27.3 Å². The zero-order valence-corrected chi connectivity index (χ0v) is 13.0. The van der Waals surface area contributed by atoms with Crippen molar-refractivity contribution >= 4 is 22.6 Å². The molecule has 4 rings (SSSR count). The molecule has 0 saturated carbocycles. The molecule has 0 aliphatic carbocycles. The van der Waals surface area contributed by atoms with Gasteiger partial charge in [0.05, 0.1) is 17.9 Å². The van der Waals surface area contributed by atoms with Gasteiger partial charge < -0.3 is 10.1 Å². The normalized spacial score (nSPS) is 13.0. The first-order valence-corrected chi connectivity index (χ1v) is 7.48. The fourth-order valence-electron chi connectivity index (χ4n) is 2.90. The Morgan fingerprint density at radius 2 is 2.22 bits per heavy atom. The van der Waals surface area contributed by atoms with Gasteiger partial charge in [0, 0.05) is 30.7 Å². The molecule has 0 fully saturated rings. The highest BCUT2D eigenvalue weighted by atomic mass is 16.5. The molecule has 0 bridgehead atoms. The smallest absolute Gasteiger partial charge is 0.257 e. The first-order chi connectivity index (χ1) is 11.1. The number of hydrogen-bond acceptors (Lipinski definition) is 4. The van der Waals surface area contributed by atoms with Crippen LogP contribution in [-0.2, 0) is 13.5 Å². The van der Waals surface area contributed by atoms with Gasteiger partial charge in [0.25, 0.3) is 5.91 Å². The van der Waals surface area contributed by atoms with Crippen LogP contribution in [0.25, 0.3) is 11.0 Å². The number of rotatable bonds is 2. The Morgan fingerprint density at radius 1 is 1.35 bits per heavy atom. The second-order valence-electron chi connectivity index (χ2n) is 5.68. The topological polar surface area (TPSA) is 69.0 Å². The van der Waals surface area contributed by atoms with E-state index in [2.05, 4.69) is 15.4 Å². The molecule has 6 heteroatoms. The van der Waals surface area contributed by atoms with E-state index in [1.165, 1.54) is 0 Å². The summed E-state index contributed by atoms with van der Waals surface area (Å²) in [6, 6.07) is 7.53. The first-order valence-electron chi connectivity index (χ1n) is 7.48. The van der Waals surface area contributed by atoms with Gasteiger partial charge in [-0.25, -0.2) is 4.98 Å². The highest BCUT2D eigenvalue weighted by Gasteiger charge is 2.15. The molecule has 0 atom stereocenters. The molecule has 1 aliphatic rings. The van der Waals surface area contributed by atoms with E-state index in [0.717, 1.165) is 40.1 Å². The Hall–Kier alpha value is -2.89. The van der Waals surface area contributed by atoms with Gasteiger partial charge in [0.2, 0.25) is 0 Å². The summed E-state index contributed by atoms with van der Waals surface area (Å²) < 4.78 is 7.19. The molecule has 1 N–H and O–H groups in total. The van der Waals surface area contributed by atoms with Gasteiger partial charge in [-0.2, -0.15) is 5.10 Å². The largest absolute Gasteiger partial charge is 0.493 e. The van der Waals surface area contributed by atoms with E-state index in [4.69, 9.17) is 4.74 Å². The van der Waals surface area contributed by atoms with Crippen LogP contribution in [0.3, 0.4) is 0 Å². The van der Waals surface area contributed by atoms with E-state index < -0.39 is 0 Å². The number of nitrogens with zero attached hydrogens (tertiary/aromatic N) is 3. The second-order valence-corrected chi connectivity index (χ2v) is 5.68. The third kappa shape index (κ3) is 2.32. The molecular formula is C17H16N4O2. The quantitative estimate of drug-likeness (QED) is 0.789. The molecular weight excluding hydrogens is 292 g/mol. The van der Waals surface area contributed by atoms with Crippen molar-refractivity contribution in [2.75, 3.05) is 11.9 Å². The van der Waals surface area contributed by atoms with Gasteiger partial charge in [-0.05, 0) is 36.8 Å². The third-order valence-electron chi connectivity index (χ3n) is 4.07. The van der Waals surface area contributed by atoms with Crippen molar-refractivity contribution in [3.05, 3.63) is 47.3 Å². The number of ether oxygens (including phenoxy) is 1. The summed E-state index contributed by atoms with van der Waals surface area (Å²) in [5, 5.41) is 8.13. The molecule has 116 valence electrons. The second kappa shape index (κ2) is 5.08. The summed E-state index contributed by atoms with van der Waals surface area (Å²) >= 11 is 0. The maximum absolute atomic E-state index is 12.5. The van der Waals surface area contributed by atoms with Crippen molar-refractivity contribution in [2.45, 2.75) is 13.3 Å². The van der Waals surface area contributed by atoms with Crippen molar-refractivity contribution in [1.82, 2.24) is 14.8 Å². The molecule has 1 amide bonds. The average Bonchev–Trinajstić information content (AvgIpc) is 3.11. The lowest BCUT2D eigenvalue weighted by atomic mass is 10.1. The van der Waals surface area contributed by atoms with Crippen molar-refractivity contribution in [2.24, 2.45) is 7.05 Å². The lowest BCUT2D eigenvalue weighted by Crippen LogP contribution is -2.12. The summed E-state index contributed by atoms with van der Waals surface area (Å²) in [4.78, 5) is 16.8. The molecule has 2 aromatic heterocycles. The zero-order valence-electron chi connectivity index (χ0n) is 13.0. The Labute approximate surface area is 133 Å². The SMILES string of the molecule is Cc1nn(C)c2ncc(C(=O)Nc3ccc4c(c3)CCO4)cc12. The van der Waals surface area contributed by atoms with Crippen LogP contribution in [0.5, 0.6) is 5.75 Å². The third-order valence-corrected chi connectivity index (χ3v) is 4.07. The van der Waals surface area contributed by atoms with E-state index in [1.807, 2.05) is 38.2 Å². The Kier molecular flexibility index (Phi) is 3.04. The van der Waals surface area contributed by atoms with E-state index >= 15 is 0 Å². The number of benzene rings is 1. The zero-order chi connectivity index (χ0) is 16.0. The molecule has 0 saturated heterocycles. The number of nitrogens with one attached hydrogen (secondary N) is 1. The van der Waals surface area contributed by atoms with E-state index in [9.17, 15) is 4.79 Å². The lowest BCUT2D eigenvalue weighted by Gasteiger charge is -2.07. The molecule has 1 aromatic carbocycles. The van der Waals surface area contributed by atoms with E-state index in [0.29, 0.717) is 12.2 Å². The number of hydrogen-bond donors (Lipinski definition) is 1. The number of carbonyl (C=O) groups is 1. The van der Waals surface area contributed by atoms with E-state index in [1.54, 1.807) is 10.9 Å². The molecule has 3 heterocycles. The molecule has 0 radical (unpaired) electrons. The molecule has 3 aromatic rings. The fourth-order valence-corrected chi connectivity index (χ4v) is 2.90. The van der Waals surface area contributed by atoms with Crippen LogP contribution in [0.4, 0.5) is 5.69 Å². The van der Waals surface area contributed by atoms with Gasteiger partial charge >= 0.3 is 0 Å². The van der Waals surface area contributed by atoms with Crippen molar-refractivity contribution in [3.63, 3.8) is 0 Å². The molecule has 6 nitrogen and oxygen atoms in total. The van der Waals surface area contributed by atoms with E-state index in [-0.39, 0.29) is 5.91 Å². The first kappa shape index (κ1) is 13.8. The minimum absolute atomic E-state index is 0.179. The van der Waals surface area contributed by atoms with Crippen LogP contribution in [0, 0.1) is 6.92 Å². The lowest BCUT2D eigenvalue weighted by molar-refractivity contribution is 0.102. The van der Waals surface area contributed by atoms with Gasteiger partial charge in [-0.1, -0.05) is 0 Å². The summed E-state index contributed by atoms with van der Waals surface area (Å²) in [5.41, 5.74) is 4.04. The number of aryl methyl sites for hydroxylation is 2. The maximum atomic E-state index is 12.5. The van der Waals surface area contributed by atoms with Crippen molar-refractivity contribution < 1.29 is 9.53 Å². The van der Waals surface area contributed by atoms with Crippen LogP contribution < -0.4 is 10.1 Å². The maximum Gasteiger partial charge on any atom is 0.257 e. The molecule has 0 spiro atoms. The van der Waals surface area contributed by atoms with Gasteiger partial charge in [0.1, 0.15) is 5.75 Å². The number of fused-ring (bicyclic) bond motifs is 2. The number of amides is 1. The number of aromatic nitrogens is 3. The van der Waals surface area contributed by atoms with Crippen molar-refractivity contribution in [3.8, 4) is 5.75 Å². The highest BCUT2D eigenvalue weighted by Crippen LogP contribution is 2.28. The number of carbonyl (C=O) groups excluding carboxylic acids is 1. The monoisotopic (exact) mass is 308 g/mol. The number of anilines is 1. The predicted octanol–water partition coefficient (Wildman–Crippen LogP) is 2.46. The van der Waals surface area contributed by atoms with Crippen LogP contribution in [0.1, 0.15) is 21.6 Å². The molecule has 1 aliphatic heterocycles. The van der Waals surface area contributed by atoms with Crippen molar-refractivity contribution in [1.29, 1.82) is 0 Å². The Balaban J connectivity index is 1.63. The number of pyridine rings is 1. The fraction of sp³-hybridized carbons (Fsp3) is 0.235. The molecule has 0 unspecified atom stereocenters. The van der Waals surface area contributed by atoms with Gasteiger partial charge in [-0.3, -0.25) is 9.48 Å². The predicted molar refractivity (Wildman–Crippen MR) is 86.8 cm³/mol. The standard InChI is InChI=1S/C17H16N4O2/c1-10-14-8-12(9-18-16(14)21(2)20-10)17(22)19-13-3-4-15-11(7-13)5-6-23-15/h3-4,7-9H,5-6H2,1-2H3,(H,19,22). The summed E-state index contributed by atoms with van der Waals surface area (Å²) in [6.07, 6.45) is 2.46. The van der Waals surface area contributed by atoms with Crippen LogP contribution >= 0.6 is 0 Å². The van der Waals surface area contributed by atoms with Gasteiger partial charge in [-0.15, -0.1) is 0 Å². The van der Waals surface area contributed by atoms with Crippen LogP contribution in [0.15, 0.2) is 30.5 Å². The summed E-state index contributed by atoms with van der Waals surface area (Å²) in [5.74, 6) is 0.721. The average molecular weight is 308 g/mol. The Morgan fingerprint density at radius 3 is 3.09 bits per heavy atom. The van der Waals surface area contributed by atoms with Gasteiger partial charge in [0.15, 0.2) is 5.65 Å². The summed E-state index contributed by atoms with van der Waals surface area (Å²) in [6.45, 7) is 2.61. The minimum Gasteiger partial charge on any atom is -0.493 e. The molecule has 23 heavy (non-hydrogen) atoms. The van der Waals surface area contributed by atoms with Crippen LogP contribution in [0.2, 0.25) is 0 Å². The minimum atomic E-state index is -0.179. The Bertz CT molecular complexity index is 930.